The van der Waals surface area contributed by atoms with Gasteiger partial charge in [0.1, 0.15) is 16.9 Å². The van der Waals surface area contributed by atoms with Crippen molar-refractivity contribution in [1.29, 1.82) is 0 Å². The topological polar surface area (TPSA) is 73.2 Å². The molecule has 1 N–H and O–H groups in total. The molecule has 0 saturated carbocycles. The van der Waals surface area contributed by atoms with E-state index in [9.17, 15) is 9.59 Å². The molecule has 1 aliphatic rings. The van der Waals surface area contributed by atoms with Gasteiger partial charge in [-0.25, -0.2) is 9.66 Å². The first kappa shape index (κ1) is 17.4. The summed E-state index contributed by atoms with van der Waals surface area (Å²) in [6, 6.07) is 9.12. The molecular formula is C19H12ClN3O3S2. The van der Waals surface area contributed by atoms with E-state index in [-0.39, 0.29) is 5.56 Å². The van der Waals surface area contributed by atoms with Gasteiger partial charge in [-0.3, -0.25) is 15.0 Å². The highest BCUT2D eigenvalue weighted by Gasteiger charge is 2.30. The highest BCUT2D eigenvalue weighted by Crippen LogP contribution is 2.33. The summed E-state index contributed by atoms with van der Waals surface area (Å²) < 4.78 is 6.81. The Morgan fingerprint density at radius 2 is 2.21 bits per heavy atom. The van der Waals surface area contributed by atoms with Gasteiger partial charge in [-0.2, -0.15) is 0 Å². The molecule has 0 saturated heterocycles. The van der Waals surface area contributed by atoms with Crippen LogP contribution in [-0.2, 0) is 11.2 Å². The quantitative estimate of drug-likeness (QED) is 0.535. The molecule has 0 spiro atoms. The maximum absolute atomic E-state index is 13.0. The van der Waals surface area contributed by atoms with E-state index in [4.69, 9.17) is 16.3 Å². The fraction of sp³-hybridized carbons (Fsp3) is 0.105. The Bertz CT molecular complexity index is 1260. The summed E-state index contributed by atoms with van der Waals surface area (Å²) >= 11 is 8.95. The van der Waals surface area contributed by atoms with Crippen LogP contribution in [0.3, 0.4) is 0 Å². The summed E-state index contributed by atoms with van der Waals surface area (Å²) in [5.41, 5.74) is 3.99. The largest absolute Gasteiger partial charge is 0.480 e. The zero-order chi connectivity index (χ0) is 19.3. The number of rotatable bonds is 3. The van der Waals surface area contributed by atoms with E-state index in [1.807, 2.05) is 22.9 Å². The molecule has 1 amide bonds. The number of hydrogen-bond donors (Lipinski definition) is 1. The molecule has 1 unspecified atom stereocenters. The van der Waals surface area contributed by atoms with Gasteiger partial charge in [-0.05, 0) is 35.2 Å². The minimum absolute atomic E-state index is 0.318. The lowest BCUT2D eigenvalue weighted by Gasteiger charge is -2.12. The summed E-state index contributed by atoms with van der Waals surface area (Å²) in [6.07, 6.45) is 0.997. The SMILES string of the molecule is O=C(Nn1cnc2scc(-c3cccs3)c2c1=O)C1Cc2cc(Cl)ccc2O1. The molecule has 4 aromatic rings. The zero-order valence-electron chi connectivity index (χ0n) is 14.2. The molecule has 0 fully saturated rings. The molecule has 1 aromatic carbocycles. The van der Waals surface area contributed by atoms with Crippen LogP contribution in [-0.4, -0.2) is 21.7 Å². The van der Waals surface area contributed by atoms with Crippen molar-refractivity contribution < 1.29 is 9.53 Å². The molecular weight excluding hydrogens is 418 g/mol. The van der Waals surface area contributed by atoms with Gasteiger partial charge in [0.2, 0.25) is 0 Å². The van der Waals surface area contributed by atoms with E-state index >= 15 is 0 Å². The number of hydrogen-bond acceptors (Lipinski definition) is 6. The number of ether oxygens (including phenoxy) is 1. The number of halogens is 1. The van der Waals surface area contributed by atoms with Gasteiger partial charge < -0.3 is 4.74 Å². The van der Waals surface area contributed by atoms with Crippen molar-refractivity contribution in [2.75, 3.05) is 5.43 Å². The van der Waals surface area contributed by atoms with E-state index in [1.54, 1.807) is 29.5 Å². The van der Waals surface area contributed by atoms with Crippen molar-refractivity contribution in [3.05, 3.63) is 68.4 Å². The molecule has 0 aliphatic carbocycles. The van der Waals surface area contributed by atoms with Gasteiger partial charge >= 0.3 is 0 Å². The second-order valence-corrected chi connectivity index (χ2v) is 8.51. The van der Waals surface area contributed by atoms with Gasteiger partial charge in [0.25, 0.3) is 11.5 Å². The van der Waals surface area contributed by atoms with Crippen molar-refractivity contribution in [2.24, 2.45) is 0 Å². The predicted octanol–water partition coefficient (Wildman–Crippen LogP) is 3.91. The van der Waals surface area contributed by atoms with E-state index < -0.39 is 12.0 Å². The van der Waals surface area contributed by atoms with Crippen LogP contribution in [0.1, 0.15) is 5.56 Å². The molecule has 1 aliphatic heterocycles. The summed E-state index contributed by atoms with van der Waals surface area (Å²) in [7, 11) is 0. The fourth-order valence-electron chi connectivity index (χ4n) is 3.18. The highest BCUT2D eigenvalue weighted by atomic mass is 35.5. The Morgan fingerprint density at radius 3 is 3.04 bits per heavy atom. The van der Waals surface area contributed by atoms with Gasteiger partial charge in [0.05, 0.1) is 5.39 Å². The van der Waals surface area contributed by atoms with Crippen LogP contribution in [0, 0.1) is 0 Å². The number of aromatic nitrogens is 2. The van der Waals surface area contributed by atoms with Crippen molar-refractivity contribution in [2.45, 2.75) is 12.5 Å². The van der Waals surface area contributed by atoms with E-state index in [0.717, 1.165) is 20.7 Å². The van der Waals surface area contributed by atoms with Crippen LogP contribution in [0.4, 0.5) is 0 Å². The first-order valence-electron chi connectivity index (χ1n) is 8.39. The van der Waals surface area contributed by atoms with Gasteiger partial charge in [0, 0.05) is 27.3 Å². The normalized spacial score (nSPS) is 15.4. The molecule has 5 rings (SSSR count). The molecule has 28 heavy (non-hydrogen) atoms. The lowest BCUT2D eigenvalue weighted by Crippen LogP contribution is -2.40. The number of carbonyl (C=O) groups excluding carboxylic acids is 1. The molecule has 9 heteroatoms. The number of carbonyl (C=O) groups is 1. The summed E-state index contributed by atoms with van der Waals surface area (Å²) in [5, 5.41) is 4.96. The van der Waals surface area contributed by atoms with E-state index in [1.165, 1.54) is 17.7 Å². The number of nitrogens with zero attached hydrogens (tertiary/aromatic N) is 2. The maximum atomic E-state index is 13.0. The predicted molar refractivity (Wildman–Crippen MR) is 111 cm³/mol. The first-order valence-corrected chi connectivity index (χ1v) is 10.5. The van der Waals surface area contributed by atoms with E-state index in [0.29, 0.717) is 27.4 Å². The Balaban J connectivity index is 1.44. The number of nitrogens with one attached hydrogen (secondary N) is 1. The second-order valence-electron chi connectivity index (χ2n) is 6.27. The monoisotopic (exact) mass is 429 g/mol. The van der Waals surface area contributed by atoms with Crippen molar-refractivity contribution in [1.82, 2.24) is 9.66 Å². The van der Waals surface area contributed by atoms with Gasteiger partial charge in [-0.15, -0.1) is 22.7 Å². The van der Waals surface area contributed by atoms with Crippen LogP contribution >= 0.6 is 34.3 Å². The van der Waals surface area contributed by atoms with Crippen LogP contribution in [0.25, 0.3) is 20.7 Å². The Labute approximate surface area is 172 Å². The van der Waals surface area contributed by atoms with Crippen LogP contribution in [0.5, 0.6) is 5.75 Å². The minimum Gasteiger partial charge on any atom is -0.480 e. The standard InChI is InChI=1S/C19H12ClN3O3S2/c20-11-3-4-13-10(6-11)7-14(26-13)17(24)22-23-9-21-18-16(19(23)25)12(8-28-18)15-2-1-5-27-15/h1-6,8-9,14H,7H2,(H,22,24). The zero-order valence-corrected chi connectivity index (χ0v) is 16.6. The van der Waals surface area contributed by atoms with Crippen molar-refractivity contribution in [3.63, 3.8) is 0 Å². The second kappa shape index (κ2) is 6.73. The Morgan fingerprint density at radius 1 is 1.32 bits per heavy atom. The highest BCUT2D eigenvalue weighted by molar-refractivity contribution is 7.18. The lowest BCUT2D eigenvalue weighted by molar-refractivity contribution is -0.123. The number of benzene rings is 1. The molecule has 6 nitrogen and oxygen atoms in total. The van der Waals surface area contributed by atoms with Crippen LogP contribution in [0.15, 0.2) is 52.2 Å². The van der Waals surface area contributed by atoms with Crippen molar-refractivity contribution >= 4 is 50.4 Å². The van der Waals surface area contributed by atoms with Gasteiger partial charge in [0.15, 0.2) is 6.10 Å². The molecule has 1 atom stereocenters. The van der Waals surface area contributed by atoms with Gasteiger partial charge in [-0.1, -0.05) is 17.7 Å². The average Bonchev–Trinajstić information content (AvgIpc) is 3.42. The summed E-state index contributed by atoms with van der Waals surface area (Å²) in [4.78, 5) is 31.6. The lowest BCUT2D eigenvalue weighted by atomic mass is 10.1. The molecule has 0 radical (unpaired) electrons. The molecule has 3 aromatic heterocycles. The maximum Gasteiger partial charge on any atom is 0.281 e. The number of amides is 1. The van der Waals surface area contributed by atoms with E-state index in [2.05, 4.69) is 10.4 Å². The molecule has 140 valence electrons. The molecule has 4 heterocycles. The third-order valence-electron chi connectivity index (χ3n) is 4.50. The van der Waals surface area contributed by atoms with Crippen LogP contribution in [0.2, 0.25) is 5.02 Å². The summed E-state index contributed by atoms with van der Waals surface area (Å²) in [6.45, 7) is 0. The molecule has 0 bridgehead atoms. The minimum atomic E-state index is -0.727. The van der Waals surface area contributed by atoms with Crippen molar-refractivity contribution in [3.8, 4) is 16.2 Å². The number of fused-ring (bicyclic) bond motifs is 2. The average molecular weight is 430 g/mol. The third-order valence-corrected chi connectivity index (χ3v) is 6.53. The first-order chi connectivity index (χ1) is 13.6. The van der Waals surface area contributed by atoms with Crippen LogP contribution < -0.4 is 15.7 Å². The Kier molecular flexibility index (Phi) is 4.19. The number of thiophene rings is 2. The Hall–Kier alpha value is -2.68. The summed E-state index contributed by atoms with van der Waals surface area (Å²) in [5.74, 6) is 0.215. The fourth-order valence-corrected chi connectivity index (χ4v) is 5.09. The smallest absolute Gasteiger partial charge is 0.281 e. The third kappa shape index (κ3) is 2.90.